The number of fused-ring (bicyclic) bond motifs is 1. The summed E-state index contributed by atoms with van der Waals surface area (Å²) in [5.74, 6) is 0.173. The molecule has 0 aromatic heterocycles. The molecule has 3 rings (SSSR count). The minimum atomic E-state index is -1.14. The monoisotopic (exact) mass is 370 g/mol. The van der Waals surface area contributed by atoms with Gasteiger partial charge in [0.1, 0.15) is 17.3 Å². The Morgan fingerprint density at radius 3 is 2.33 bits per heavy atom. The molecule has 0 saturated heterocycles. The van der Waals surface area contributed by atoms with Crippen molar-refractivity contribution in [2.45, 2.75) is 53.9 Å². The molecule has 1 N–H and O–H groups in total. The largest absolute Gasteiger partial charge is 0.507 e. The highest BCUT2D eigenvalue weighted by atomic mass is 16.5. The number of hydrogen-bond donors (Lipinski definition) is 1. The average molecular weight is 370 g/mol. The lowest BCUT2D eigenvalue weighted by molar-refractivity contribution is -0.144. The molecule has 0 amide bonds. The van der Waals surface area contributed by atoms with Gasteiger partial charge < -0.3 is 9.84 Å². The van der Waals surface area contributed by atoms with E-state index in [2.05, 4.69) is 13.8 Å². The topological polar surface area (TPSA) is 80.7 Å². The van der Waals surface area contributed by atoms with Crippen LogP contribution in [0.1, 0.15) is 69.8 Å². The van der Waals surface area contributed by atoms with E-state index in [9.17, 15) is 19.5 Å². The second-order valence-electron chi connectivity index (χ2n) is 9.00. The average Bonchev–Trinajstić information content (AvgIpc) is 2.58. The third kappa shape index (κ3) is 2.71. The molecule has 27 heavy (non-hydrogen) atoms. The number of ketones is 2. The molecule has 5 nitrogen and oxygen atoms in total. The number of allylic oxidation sites excluding steroid dienone is 2. The third-order valence-corrected chi connectivity index (χ3v) is 5.69. The Hall–Kier alpha value is -2.43. The van der Waals surface area contributed by atoms with Gasteiger partial charge in [0.2, 0.25) is 0 Å². The minimum Gasteiger partial charge on any atom is -0.507 e. The van der Waals surface area contributed by atoms with E-state index in [1.165, 1.54) is 6.07 Å². The number of carbonyl (C=O) groups excluding carboxylic acids is 3. The molecule has 5 heteroatoms. The highest BCUT2D eigenvalue weighted by Gasteiger charge is 2.56. The van der Waals surface area contributed by atoms with Crippen molar-refractivity contribution >= 4 is 17.9 Å². The molecule has 0 radical (unpaired) electrons. The molecule has 144 valence electrons. The quantitative estimate of drug-likeness (QED) is 0.637. The van der Waals surface area contributed by atoms with Crippen LogP contribution in [0.5, 0.6) is 11.5 Å². The first-order valence-electron chi connectivity index (χ1n) is 9.27. The van der Waals surface area contributed by atoms with Crippen LogP contribution >= 0.6 is 0 Å². The lowest BCUT2D eigenvalue weighted by Crippen LogP contribution is -2.51. The zero-order valence-corrected chi connectivity index (χ0v) is 16.7. The van der Waals surface area contributed by atoms with Crippen LogP contribution in [0.2, 0.25) is 0 Å². The summed E-state index contributed by atoms with van der Waals surface area (Å²) in [6, 6.07) is 3.00. The van der Waals surface area contributed by atoms with Crippen molar-refractivity contribution in [3.05, 3.63) is 34.6 Å². The highest BCUT2D eigenvalue weighted by molar-refractivity contribution is 6.19. The Morgan fingerprint density at radius 1 is 1.15 bits per heavy atom. The molecule has 0 saturated carbocycles. The summed E-state index contributed by atoms with van der Waals surface area (Å²) in [7, 11) is 0. The molecule has 1 aromatic carbocycles. The van der Waals surface area contributed by atoms with Gasteiger partial charge in [-0.3, -0.25) is 14.4 Å². The molecule has 1 atom stereocenters. The van der Waals surface area contributed by atoms with Crippen molar-refractivity contribution in [2.24, 2.45) is 16.7 Å². The maximum Gasteiger partial charge on any atom is 0.175 e. The molecule has 1 aliphatic carbocycles. The number of aldehydes is 1. The van der Waals surface area contributed by atoms with Gasteiger partial charge in [-0.2, -0.15) is 0 Å². The van der Waals surface area contributed by atoms with Gasteiger partial charge in [0.25, 0.3) is 0 Å². The third-order valence-electron chi connectivity index (χ3n) is 5.69. The Balaban J connectivity index is 2.31. The summed E-state index contributed by atoms with van der Waals surface area (Å²) < 4.78 is 6.04. The van der Waals surface area contributed by atoms with E-state index in [-0.39, 0.29) is 34.7 Å². The predicted octanol–water partition coefficient (Wildman–Crippen LogP) is 4.19. The normalized spacial score (nSPS) is 23.0. The second kappa shape index (κ2) is 6.04. The van der Waals surface area contributed by atoms with Crippen molar-refractivity contribution in [2.75, 3.05) is 0 Å². The lowest BCUT2D eigenvalue weighted by atomic mass is 9.60. The first-order valence-corrected chi connectivity index (χ1v) is 9.27. The van der Waals surface area contributed by atoms with E-state index in [0.717, 1.165) is 0 Å². The van der Waals surface area contributed by atoms with Crippen molar-refractivity contribution in [1.82, 2.24) is 0 Å². The van der Waals surface area contributed by atoms with Crippen molar-refractivity contribution in [3.8, 4) is 11.5 Å². The number of benzene rings is 1. The number of Topliss-reactive ketones (excluding diaryl/α,β-unsaturated/α-hetero) is 2. The second-order valence-corrected chi connectivity index (χ2v) is 9.00. The van der Waals surface area contributed by atoms with Crippen LogP contribution in [-0.4, -0.2) is 23.0 Å². The van der Waals surface area contributed by atoms with Gasteiger partial charge in [-0.05, 0) is 46.1 Å². The zero-order chi connectivity index (χ0) is 20.3. The number of hydrogen-bond acceptors (Lipinski definition) is 5. The molecule has 1 unspecified atom stereocenters. The van der Waals surface area contributed by atoms with Gasteiger partial charge in [-0.25, -0.2) is 0 Å². The van der Waals surface area contributed by atoms with Crippen LogP contribution in [-0.2, 0) is 9.59 Å². The maximum atomic E-state index is 13.3. The fourth-order valence-corrected chi connectivity index (χ4v) is 4.30. The van der Waals surface area contributed by atoms with E-state index in [1.807, 2.05) is 0 Å². The molecule has 2 aliphatic rings. The molecule has 1 aliphatic heterocycles. The molecule has 0 bridgehead atoms. The fraction of sp³-hybridized carbons (Fsp3) is 0.500. The summed E-state index contributed by atoms with van der Waals surface area (Å²) in [5.41, 5.74) is -0.709. The van der Waals surface area contributed by atoms with E-state index in [4.69, 9.17) is 4.74 Å². The van der Waals surface area contributed by atoms with Gasteiger partial charge in [-0.1, -0.05) is 13.8 Å². The van der Waals surface area contributed by atoms with Gasteiger partial charge in [0.15, 0.2) is 17.9 Å². The number of phenols is 1. The van der Waals surface area contributed by atoms with E-state index in [0.29, 0.717) is 35.4 Å². The van der Waals surface area contributed by atoms with Gasteiger partial charge in [0.05, 0.1) is 16.4 Å². The molecular weight excluding hydrogens is 344 g/mol. The molecule has 1 heterocycles. The predicted molar refractivity (Wildman–Crippen MR) is 101 cm³/mol. The number of carbonyl (C=O) groups is 3. The summed E-state index contributed by atoms with van der Waals surface area (Å²) in [6.07, 6.45) is 1.26. The number of aromatic hydroxyl groups is 1. The van der Waals surface area contributed by atoms with Gasteiger partial charge >= 0.3 is 0 Å². The number of ether oxygens (including phenoxy) is 1. The van der Waals surface area contributed by atoms with Gasteiger partial charge in [0, 0.05) is 23.1 Å². The van der Waals surface area contributed by atoms with Crippen LogP contribution in [0, 0.1) is 16.7 Å². The van der Waals surface area contributed by atoms with Crippen molar-refractivity contribution < 1.29 is 24.2 Å². The smallest absolute Gasteiger partial charge is 0.175 e. The first kappa shape index (κ1) is 19.3. The Labute approximate surface area is 159 Å². The summed E-state index contributed by atoms with van der Waals surface area (Å²) >= 11 is 0. The van der Waals surface area contributed by atoms with E-state index < -0.39 is 10.8 Å². The van der Waals surface area contributed by atoms with Crippen molar-refractivity contribution in [3.63, 3.8) is 0 Å². The maximum absolute atomic E-state index is 13.3. The first-order chi connectivity index (χ1) is 12.4. The zero-order valence-electron chi connectivity index (χ0n) is 16.7. The molecule has 1 aromatic rings. The fourth-order valence-electron chi connectivity index (χ4n) is 4.30. The molecular formula is C22H26O5. The van der Waals surface area contributed by atoms with E-state index in [1.54, 1.807) is 33.8 Å². The van der Waals surface area contributed by atoms with Crippen molar-refractivity contribution in [1.29, 1.82) is 0 Å². The molecule has 0 spiro atoms. The van der Waals surface area contributed by atoms with Crippen LogP contribution in [0.3, 0.4) is 0 Å². The Bertz CT molecular complexity index is 886. The lowest BCUT2D eigenvalue weighted by Gasteiger charge is -2.45. The number of phenolic OH excluding ortho intramolecular Hbond substituents is 1. The number of rotatable bonds is 3. The summed E-state index contributed by atoms with van der Waals surface area (Å²) in [4.78, 5) is 37.7. The summed E-state index contributed by atoms with van der Waals surface area (Å²) in [5, 5.41) is 10.1. The Morgan fingerprint density at radius 2 is 1.78 bits per heavy atom. The van der Waals surface area contributed by atoms with Crippen LogP contribution in [0.25, 0.3) is 0 Å². The minimum absolute atomic E-state index is 0.160. The van der Waals surface area contributed by atoms with Crippen LogP contribution in [0.4, 0.5) is 0 Å². The standard InChI is InChI=1S/C22H26O5/c1-11(2)7-14-13-8-12(10-23)15(24)9-16(13)27-19-17(14)18(25)21(3,4)20(26)22(19,5)6/h8-11,14,24H,7H2,1-6H3. The SMILES string of the molecule is CC(C)CC1C2=C(Oc3cc(O)c(C=O)cc31)C(C)(C)C(=O)C(C)(C)C2=O. The van der Waals surface area contributed by atoms with Gasteiger partial charge in [-0.15, -0.1) is 0 Å². The van der Waals surface area contributed by atoms with E-state index >= 15 is 0 Å². The molecule has 0 fully saturated rings. The van der Waals surface area contributed by atoms with Crippen LogP contribution in [0.15, 0.2) is 23.5 Å². The summed E-state index contributed by atoms with van der Waals surface area (Å²) in [6.45, 7) is 11.0. The van der Waals surface area contributed by atoms with Crippen LogP contribution < -0.4 is 4.74 Å². The highest BCUT2D eigenvalue weighted by Crippen LogP contribution is 2.54. The Kier molecular flexibility index (Phi) is 4.33.